The molecule has 0 saturated carbocycles. The van der Waals surface area contributed by atoms with E-state index in [1.165, 1.54) is 13.2 Å². The van der Waals surface area contributed by atoms with Crippen molar-refractivity contribution >= 4 is 5.97 Å². The van der Waals surface area contributed by atoms with E-state index in [0.29, 0.717) is 5.69 Å². The third-order valence-corrected chi connectivity index (χ3v) is 3.74. The average molecular weight is 277 g/mol. The minimum absolute atomic E-state index is 0.0187. The van der Waals surface area contributed by atoms with Crippen molar-refractivity contribution in [2.24, 2.45) is 0 Å². The monoisotopic (exact) mass is 277 g/mol. The molecule has 0 aliphatic heterocycles. The average Bonchev–Trinajstić information content (AvgIpc) is 3.01. The van der Waals surface area contributed by atoms with E-state index in [2.05, 4.69) is 9.72 Å². The molecule has 0 bridgehead atoms. The van der Waals surface area contributed by atoms with E-state index in [0.717, 1.165) is 35.7 Å². The lowest BCUT2D eigenvalue weighted by atomic mass is 9.94. The second-order valence-electron chi connectivity index (χ2n) is 4.87. The van der Waals surface area contributed by atoms with Gasteiger partial charge in [0.2, 0.25) is 0 Å². The van der Waals surface area contributed by atoms with Gasteiger partial charge in [0.25, 0.3) is 0 Å². The molecule has 1 aliphatic rings. The fraction of sp³-hybridized carbons (Fsp3) is 0.267. The van der Waals surface area contributed by atoms with Gasteiger partial charge in [-0.3, -0.25) is 0 Å². The van der Waals surface area contributed by atoms with Crippen LogP contribution in [0.15, 0.2) is 24.3 Å². The summed E-state index contributed by atoms with van der Waals surface area (Å²) in [4.78, 5) is 14.5. The molecule has 2 aromatic rings. The van der Waals surface area contributed by atoms with Crippen molar-refractivity contribution in [3.05, 3.63) is 58.4 Å². The van der Waals surface area contributed by atoms with E-state index in [1.54, 1.807) is 12.1 Å². The Morgan fingerprint density at radius 3 is 2.80 bits per heavy atom. The Bertz CT molecular complexity index is 679. The third kappa shape index (κ3) is 1.99. The predicted molar refractivity (Wildman–Crippen MR) is 68.7 cm³/mol. The molecule has 3 nitrogen and oxygen atoms in total. The number of aryl methyl sites for hydroxylation is 1. The van der Waals surface area contributed by atoms with Crippen molar-refractivity contribution < 1.29 is 18.3 Å². The number of nitrogens with one attached hydrogen (secondary N) is 1. The highest BCUT2D eigenvalue weighted by atomic mass is 19.2. The fourth-order valence-corrected chi connectivity index (χ4v) is 2.77. The molecule has 1 aromatic carbocycles. The molecule has 1 atom stereocenters. The zero-order valence-electron chi connectivity index (χ0n) is 10.9. The Kier molecular flexibility index (Phi) is 3.04. The van der Waals surface area contributed by atoms with Crippen molar-refractivity contribution in [1.82, 2.24) is 4.98 Å². The molecule has 5 heteroatoms. The molecule has 1 N–H and O–H groups in total. The lowest BCUT2D eigenvalue weighted by Crippen LogP contribution is -2.02. The van der Waals surface area contributed by atoms with E-state index >= 15 is 0 Å². The van der Waals surface area contributed by atoms with Crippen molar-refractivity contribution in [3.63, 3.8) is 0 Å². The molecular weight excluding hydrogens is 264 g/mol. The first kappa shape index (κ1) is 12.8. The fourth-order valence-electron chi connectivity index (χ4n) is 2.77. The number of hydrogen-bond donors (Lipinski definition) is 1. The van der Waals surface area contributed by atoms with Crippen LogP contribution in [0.3, 0.4) is 0 Å². The third-order valence-electron chi connectivity index (χ3n) is 3.74. The highest BCUT2D eigenvalue weighted by molar-refractivity contribution is 5.88. The molecule has 20 heavy (non-hydrogen) atoms. The molecule has 3 rings (SSSR count). The molecule has 0 saturated heterocycles. The van der Waals surface area contributed by atoms with Gasteiger partial charge in [-0.05, 0) is 42.2 Å². The number of halogens is 2. The maximum Gasteiger partial charge on any atom is 0.354 e. The van der Waals surface area contributed by atoms with Crippen LogP contribution >= 0.6 is 0 Å². The summed E-state index contributed by atoms with van der Waals surface area (Å²) in [5.41, 5.74) is 3.03. The van der Waals surface area contributed by atoms with Crippen LogP contribution in [-0.2, 0) is 11.2 Å². The molecule has 0 spiro atoms. The summed E-state index contributed by atoms with van der Waals surface area (Å²) >= 11 is 0. The minimum Gasteiger partial charge on any atom is -0.464 e. The molecule has 1 aliphatic carbocycles. The van der Waals surface area contributed by atoms with E-state index < -0.39 is 17.6 Å². The first-order valence-corrected chi connectivity index (χ1v) is 6.35. The Hall–Kier alpha value is -2.17. The number of benzene rings is 1. The van der Waals surface area contributed by atoms with Crippen molar-refractivity contribution in [1.29, 1.82) is 0 Å². The Balaban J connectivity index is 1.97. The van der Waals surface area contributed by atoms with Crippen LogP contribution in [0.1, 0.15) is 39.6 Å². The maximum absolute atomic E-state index is 13.3. The number of rotatable bonds is 2. The van der Waals surface area contributed by atoms with E-state index in [4.69, 9.17) is 0 Å². The highest BCUT2D eigenvalue weighted by Crippen LogP contribution is 2.38. The van der Waals surface area contributed by atoms with E-state index in [1.807, 2.05) is 0 Å². The normalized spacial score (nSPS) is 17.1. The summed E-state index contributed by atoms with van der Waals surface area (Å²) in [6, 6.07) is 5.68. The summed E-state index contributed by atoms with van der Waals surface area (Å²) in [5.74, 6) is -2.14. The number of esters is 1. The molecule has 1 aromatic heterocycles. The van der Waals surface area contributed by atoms with Crippen LogP contribution in [0.5, 0.6) is 0 Å². The molecule has 104 valence electrons. The zero-order chi connectivity index (χ0) is 14.3. The summed E-state index contributed by atoms with van der Waals surface area (Å²) in [5, 5.41) is 0. The van der Waals surface area contributed by atoms with Gasteiger partial charge in [-0.15, -0.1) is 0 Å². The summed E-state index contributed by atoms with van der Waals surface area (Å²) in [7, 11) is 1.32. The van der Waals surface area contributed by atoms with Crippen molar-refractivity contribution in [2.75, 3.05) is 7.11 Å². The quantitative estimate of drug-likeness (QED) is 0.857. The highest BCUT2D eigenvalue weighted by Gasteiger charge is 2.28. The molecule has 0 fully saturated rings. The van der Waals surface area contributed by atoms with E-state index in [9.17, 15) is 13.6 Å². The first-order chi connectivity index (χ1) is 9.60. The molecular formula is C15H13F2NO2. The van der Waals surface area contributed by atoms with Gasteiger partial charge in [0.1, 0.15) is 5.69 Å². The second kappa shape index (κ2) is 4.74. The smallest absolute Gasteiger partial charge is 0.354 e. The van der Waals surface area contributed by atoms with Gasteiger partial charge >= 0.3 is 5.97 Å². The topological polar surface area (TPSA) is 42.1 Å². The van der Waals surface area contributed by atoms with E-state index in [-0.39, 0.29) is 5.92 Å². The van der Waals surface area contributed by atoms with Gasteiger partial charge in [0.05, 0.1) is 7.11 Å². The van der Waals surface area contributed by atoms with Gasteiger partial charge in [-0.2, -0.15) is 0 Å². The van der Waals surface area contributed by atoms with Crippen LogP contribution in [-0.4, -0.2) is 18.1 Å². The van der Waals surface area contributed by atoms with Gasteiger partial charge < -0.3 is 9.72 Å². The SMILES string of the molecule is COC(=O)c1cc2c([nH]1)CCC2c1ccc(F)c(F)c1. The molecule has 1 unspecified atom stereocenters. The Morgan fingerprint density at radius 2 is 2.10 bits per heavy atom. The van der Waals surface area contributed by atoms with Crippen LogP contribution in [0.25, 0.3) is 0 Å². The van der Waals surface area contributed by atoms with Gasteiger partial charge in [0.15, 0.2) is 11.6 Å². The summed E-state index contributed by atoms with van der Waals surface area (Å²) in [6.45, 7) is 0. The lowest BCUT2D eigenvalue weighted by Gasteiger charge is -2.10. The number of aromatic nitrogens is 1. The summed E-state index contributed by atoms with van der Waals surface area (Å²) < 4.78 is 31.0. The van der Waals surface area contributed by atoms with Gasteiger partial charge in [-0.25, -0.2) is 13.6 Å². The Morgan fingerprint density at radius 1 is 1.30 bits per heavy atom. The largest absolute Gasteiger partial charge is 0.464 e. The number of fused-ring (bicyclic) bond motifs is 1. The molecule has 1 heterocycles. The van der Waals surface area contributed by atoms with Crippen LogP contribution in [0.4, 0.5) is 8.78 Å². The zero-order valence-corrected chi connectivity index (χ0v) is 10.9. The predicted octanol–water partition coefficient (Wildman–Crippen LogP) is 3.16. The van der Waals surface area contributed by atoms with Gasteiger partial charge in [0, 0.05) is 11.6 Å². The maximum atomic E-state index is 13.3. The minimum atomic E-state index is -0.851. The van der Waals surface area contributed by atoms with Crippen LogP contribution in [0, 0.1) is 11.6 Å². The number of ether oxygens (including phenoxy) is 1. The molecule has 0 amide bonds. The molecule has 0 radical (unpaired) electrons. The number of H-pyrrole nitrogens is 1. The van der Waals surface area contributed by atoms with Crippen LogP contribution in [0.2, 0.25) is 0 Å². The number of methoxy groups -OCH3 is 1. The lowest BCUT2D eigenvalue weighted by molar-refractivity contribution is 0.0594. The first-order valence-electron chi connectivity index (χ1n) is 6.35. The standard InChI is InChI=1S/C15H13F2NO2/c1-20-15(19)14-7-10-9(3-5-13(10)18-14)8-2-4-11(16)12(17)6-8/h2,4,6-7,9,18H,3,5H2,1H3. The van der Waals surface area contributed by atoms with Crippen LogP contribution < -0.4 is 0 Å². The van der Waals surface area contributed by atoms with Crippen molar-refractivity contribution in [3.8, 4) is 0 Å². The Labute approximate surface area is 114 Å². The summed E-state index contributed by atoms with van der Waals surface area (Å²) in [6.07, 6.45) is 1.59. The number of carbonyl (C=O) groups excluding carboxylic acids is 1. The number of hydrogen-bond acceptors (Lipinski definition) is 2. The second-order valence-corrected chi connectivity index (χ2v) is 4.87. The van der Waals surface area contributed by atoms with Gasteiger partial charge in [-0.1, -0.05) is 6.07 Å². The van der Waals surface area contributed by atoms with Crippen molar-refractivity contribution in [2.45, 2.75) is 18.8 Å². The number of carbonyl (C=O) groups is 1. The number of aromatic amines is 1.